The molecule has 0 unspecified atom stereocenters. The molecule has 0 saturated carbocycles. The van der Waals surface area contributed by atoms with Gasteiger partial charge in [-0.2, -0.15) is 13.2 Å². The first-order chi connectivity index (χ1) is 12.2. The van der Waals surface area contributed by atoms with E-state index in [-0.39, 0.29) is 25.6 Å². The molecule has 2 fully saturated rings. The number of alkyl halides is 3. The fraction of sp³-hybridized carbons (Fsp3) is 0.529. The smallest absolute Gasteiger partial charge is 0.419 e. The van der Waals surface area contributed by atoms with Crippen LogP contribution in [0, 0.1) is 11.3 Å². The highest BCUT2D eigenvalue weighted by molar-refractivity contribution is 5.82. The van der Waals surface area contributed by atoms with Crippen LogP contribution in [0.15, 0.2) is 24.3 Å². The van der Waals surface area contributed by atoms with E-state index in [1.54, 1.807) is 0 Å². The molecule has 2 atom stereocenters. The van der Waals surface area contributed by atoms with Gasteiger partial charge < -0.3 is 19.5 Å². The van der Waals surface area contributed by atoms with E-state index in [2.05, 4.69) is 0 Å². The molecule has 2 heterocycles. The Labute approximate surface area is 147 Å². The summed E-state index contributed by atoms with van der Waals surface area (Å²) in [6.07, 6.45) is -4.29. The zero-order valence-electron chi connectivity index (χ0n) is 13.8. The highest BCUT2D eigenvalue weighted by Gasteiger charge is 2.54. The van der Waals surface area contributed by atoms with Crippen LogP contribution >= 0.6 is 0 Å². The van der Waals surface area contributed by atoms with E-state index in [4.69, 9.17) is 9.47 Å². The fourth-order valence-corrected chi connectivity index (χ4v) is 3.55. The van der Waals surface area contributed by atoms with Gasteiger partial charge in [-0.25, -0.2) is 0 Å². The van der Waals surface area contributed by atoms with Crippen molar-refractivity contribution in [2.75, 3.05) is 32.9 Å². The van der Waals surface area contributed by atoms with Gasteiger partial charge in [-0.1, -0.05) is 12.1 Å². The standard InChI is InChI=1S/C17H18F3NO5/c18-17(19,20)12-3-1-2-4-13(12)26-9-14(22)21-7-11-8-25-6-5-16(11,10-21)15(23)24/h1-4,11H,5-10H2,(H,23,24)/t11-,16+/m0/s1. The molecule has 2 saturated heterocycles. The van der Waals surface area contributed by atoms with E-state index in [1.807, 2.05) is 0 Å². The summed E-state index contributed by atoms with van der Waals surface area (Å²) in [5.74, 6) is -2.29. The van der Waals surface area contributed by atoms with Gasteiger partial charge in [-0.05, 0) is 18.6 Å². The van der Waals surface area contributed by atoms with E-state index in [9.17, 15) is 27.9 Å². The van der Waals surface area contributed by atoms with E-state index in [1.165, 1.54) is 17.0 Å². The third-order valence-corrected chi connectivity index (χ3v) is 5.03. The number of nitrogens with zero attached hydrogens (tertiary/aromatic N) is 1. The summed E-state index contributed by atoms with van der Waals surface area (Å²) < 4.78 is 49.3. The average molecular weight is 373 g/mol. The van der Waals surface area contributed by atoms with E-state index in [0.29, 0.717) is 13.0 Å². The molecule has 6 nitrogen and oxygen atoms in total. The van der Waals surface area contributed by atoms with Crippen molar-refractivity contribution in [3.8, 4) is 5.75 Å². The Morgan fingerprint density at radius 2 is 2.08 bits per heavy atom. The summed E-state index contributed by atoms with van der Waals surface area (Å²) in [4.78, 5) is 25.4. The highest BCUT2D eigenvalue weighted by Crippen LogP contribution is 2.42. The van der Waals surface area contributed by atoms with Gasteiger partial charge in [0.1, 0.15) is 5.75 Å². The lowest BCUT2D eigenvalue weighted by molar-refractivity contribution is -0.157. The third-order valence-electron chi connectivity index (χ3n) is 5.03. The van der Waals surface area contributed by atoms with Crippen LogP contribution in [0.2, 0.25) is 0 Å². The molecule has 9 heteroatoms. The van der Waals surface area contributed by atoms with Gasteiger partial charge in [0.2, 0.25) is 0 Å². The number of likely N-dealkylation sites (tertiary alicyclic amines) is 1. The molecule has 2 aliphatic heterocycles. The monoisotopic (exact) mass is 373 g/mol. The first-order valence-electron chi connectivity index (χ1n) is 8.12. The maximum Gasteiger partial charge on any atom is 0.419 e. The molecule has 0 radical (unpaired) electrons. The second-order valence-corrected chi connectivity index (χ2v) is 6.54. The SMILES string of the molecule is O=C(COc1ccccc1C(F)(F)F)N1C[C@H]2COCC[C@@]2(C(=O)O)C1. The number of fused-ring (bicyclic) bond motifs is 1. The van der Waals surface area contributed by atoms with Crippen LogP contribution in [-0.4, -0.2) is 54.8 Å². The number of hydrogen-bond donors (Lipinski definition) is 1. The predicted octanol–water partition coefficient (Wildman–Crippen LogP) is 2.03. The summed E-state index contributed by atoms with van der Waals surface area (Å²) in [6, 6.07) is 4.64. The van der Waals surface area contributed by atoms with Crippen molar-refractivity contribution in [3.63, 3.8) is 0 Å². The fourth-order valence-electron chi connectivity index (χ4n) is 3.55. The number of carboxylic acids is 1. The van der Waals surface area contributed by atoms with E-state index >= 15 is 0 Å². The van der Waals surface area contributed by atoms with Crippen LogP contribution in [0.4, 0.5) is 13.2 Å². The van der Waals surface area contributed by atoms with Crippen molar-refractivity contribution in [2.45, 2.75) is 12.6 Å². The zero-order valence-corrected chi connectivity index (χ0v) is 13.8. The molecule has 1 amide bonds. The normalized spacial score (nSPS) is 25.7. The molecule has 0 aliphatic carbocycles. The lowest BCUT2D eigenvalue weighted by Crippen LogP contribution is -2.45. The first-order valence-corrected chi connectivity index (χ1v) is 8.12. The van der Waals surface area contributed by atoms with Gasteiger partial charge in [-0.15, -0.1) is 0 Å². The number of rotatable bonds is 4. The van der Waals surface area contributed by atoms with Crippen molar-refractivity contribution < 1.29 is 37.3 Å². The van der Waals surface area contributed by atoms with Crippen LogP contribution in [0.25, 0.3) is 0 Å². The Bertz CT molecular complexity index is 708. The molecule has 3 rings (SSSR count). The molecule has 0 bridgehead atoms. The summed E-state index contributed by atoms with van der Waals surface area (Å²) in [7, 11) is 0. The van der Waals surface area contributed by atoms with Crippen molar-refractivity contribution in [1.29, 1.82) is 0 Å². The maximum absolute atomic E-state index is 13.0. The van der Waals surface area contributed by atoms with Crippen molar-refractivity contribution in [1.82, 2.24) is 4.90 Å². The third kappa shape index (κ3) is 3.35. The minimum atomic E-state index is -4.59. The van der Waals surface area contributed by atoms with Gasteiger partial charge in [0.25, 0.3) is 5.91 Å². The quantitative estimate of drug-likeness (QED) is 0.874. The number of carboxylic acid groups (broad SMARTS) is 1. The minimum Gasteiger partial charge on any atom is -0.483 e. The van der Waals surface area contributed by atoms with Crippen molar-refractivity contribution >= 4 is 11.9 Å². The molecular weight excluding hydrogens is 355 g/mol. The highest BCUT2D eigenvalue weighted by atomic mass is 19.4. The predicted molar refractivity (Wildman–Crippen MR) is 82.5 cm³/mol. The Hall–Kier alpha value is -2.29. The van der Waals surface area contributed by atoms with E-state index < -0.39 is 41.4 Å². The largest absolute Gasteiger partial charge is 0.483 e. The summed E-state index contributed by atoms with van der Waals surface area (Å²) in [5.41, 5.74) is -2.02. The van der Waals surface area contributed by atoms with Crippen molar-refractivity contribution in [3.05, 3.63) is 29.8 Å². The molecule has 142 valence electrons. The molecule has 1 aromatic carbocycles. The van der Waals surface area contributed by atoms with Gasteiger partial charge in [-0.3, -0.25) is 9.59 Å². The van der Waals surface area contributed by atoms with E-state index in [0.717, 1.165) is 12.1 Å². The second kappa shape index (κ2) is 6.79. The minimum absolute atomic E-state index is 0.0134. The van der Waals surface area contributed by atoms with Crippen LogP contribution in [0.3, 0.4) is 0 Å². The number of aliphatic carboxylic acids is 1. The van der Waals surface area contributed by atoms with Crippen LogP contribution < -0.4 is 4.74 Å². The van der Waals surface area contributed by atoms with Crippen LogP contribution in [0.1, 0.15) is 12.0 Å². The zero-order chi connectivity index (χ0) is 18.9. The Balaban J connectivity index is 1.68. The van der Waals surface area contributed by atoms with Gasteiger partial charge in [0.15, 0.2) is 6.61 Å². The number of carbonyl (C=O) groups is 2. The summed E-state index contributed by atoms with van der Waals surface area (Å²) in [5, 5.41) is 9.58. The average Bonchev–Trinajstić information content (AvgIpc) is 3.00. The van der Waals surface area contributed by atoms with Gasteiger partial charge in [0.05, 0.1) is 17.6 Å². The van der Waals surface area contributed by atoms with Gasteiger partial charge >= 0.3 is 12.1 Å². The molecule has 0 spiro atoms. The number of hydrogen-bond acceptors (Lipinski definition) is 4. The number of para-hydroxylation sites is 1. The topological polar surface area (TPSA) is 76.1 Å². The number of carbonyl (C=O) groups excluding carboxylic acids is 1. The maximum atomic E-state index is 13.0. The Morgan fingerprint density at radius 3 is 2.73 bits per heavy atom. The molecule has 0 aromatic heterocycles. The lowest BCUT2D eigenvalue weighted by atomic mass is 9.74. The molecule has 1 N–H and O–H groups in total. The second-order valence-electron chi connectivity index (χ2n) is 6.54. The Morgan fingerprint density at radius 1 is 1.35 bits per heavy atom. The summed E-state index contributed by atoms with van der Waals surface area (Å²) >= 11 is 0. The lowest BCUT2D eigenvalue weighted by Gasteiger charge is -2.33. The van der Waals surface area contributed by atoms with Gasteiger partial charge in [0, 0.05) is 25.6 Å². The van der Waals surface area contributed by atoms with Crippen molar-refractivity contribution in [2.24, 2.45) is 11.3 Å². The first kappa shape index (κ1) is 18.5. The Kier molecular flexibility index (Phi) is 4.83. The number of ether oxygens (including phenoxy) is 2. The molecule has 1 aromatic rings. The number of benzene rings is 1. The molecule has 2 aliphatic rings. The molecular formula is C17H18F3NO5. The molecule has 26 heavy (non-hydrogen) atoms. The number of amides is 1. The van der Waals surface area contributed by atoms with Crippen LogP contribution in [-0.2, 0) is 20.5 Å². The van der Waals surface area contributed by atoms with Crippen LogP contribution in [0.5, 0.6) is 5.75 Å². The summed E-state index contributed by atoms with van der Waals surface area (Å²) in [6.45, 7) is 0.166. The number of halogens is 3.